The molecule has 6 nitrogen and oxygen atoms in total. The second-order valence-electron chi connectivity index (χ2n) is 4.51. The second-order valence-corrected chi connectivity index (χ2v) is 4.51. The first-order chi connectivity index (χ1) is 11.5. The van der Waals surface area contributed by atoms with Crippen LogP contribution in [0.25, 0.3) is 0 Å². The molecule has 2 aromatic rings. The van der Waals surface area contributed by atoms with Gasteiger partial charge >= 0.3 is 12.2 Å². The van der Waals surface area contributed by atoms with Gasteiger partial charge in [-0.15, -0.1) is 0 Å². The van der Waals surface area contributed by atoms with Crippen LogP contribution in [0, 0.1) is 11.6 Å². The number of hydrogen-bond acceptors (Lipinski definition) is 4. The van der Waals surface area contributed by atoms with Crippen molar-refractivity contribution >= 4 is 23.6 Å². The normalized spacial score (nSPS) is 9.96. The molecule has 0 aliphatic carbocycles. The molecule has 2 amide bonds. The molecule has 0 heterocycles. The van der Waals surface area contributed by atoms with Gasteiger partial charge in [0.05, 0.1) is 12.3 Å². The third-order valence-electron chi connectivity index (χ3n) is 2.75. The summed E-state index contributed by atoms with van der Waals surface area (Å²) in [5.41, 5.74) is 0.224. The molecule has 0 spiro atoms. The van der Waals surface area contributed by atoms with E-state index >= 15 is 0 Å². The lowest BCUT2D eigenvalue weighted by Crippen LogP contribution is -2.20. The van der Waals surface area contributed by atoms with Crippen LogP contribution in [0.4, 0.5) is 29.7 Å². The average molecular weight is 336 g/mol. The van der Waals surface area contributed by atoms with E-state index < -0.39 is 23.8 Å². The molecule has 24 heavy (non-hydrogen) atoms. The van der Waals surface area contributed by atoms with E-state index in [2.05, 4.69) is 15.4 Å². The van der Waals surface area contributed by atoms with Crippen LogP contribution < -0.4 is 15.4 Å². The number of ether oxygens (including phenoxy) is 2. The minimum absolute atomic E-state index is 0.156. The Hall–Kier alpha value is -3.16. The Morgan fingerprint density at radius 2 is 1.75 bits per heavy atom. The number of hydrogen-bond donors (Lipinski definition) is 2. The highest BCUT2D eigenvalue weighted by atomic mass is 19.1. The van der Waals surface area contributed by atoms with Crippen molar-refractivity contribution in [2.24, 2.45) is 0 Å². The van der Waals surface area contributed by atoms with E-state index in [-0.39, 0.29) is 18.0 Å². The molecule has 0 aliphatic heterocycles. The fraction of sp³-hybridized carbons (Fsp3) is 0.125. The molecule has 126 valence electrons. The molecular formula is C16H14F2N2O4. The van der Waals surface area contributed by atoms with Crippen LogP contribution in [0.1, 0.15) is 6.92 Å². The largest absolute Gasteiger partial charge is 0.513 e. The van der Waals surface area contributed by atoms with Crippen LogP contribution in [0.3, 0.4) is 0 Å². The van der Waals surface area contributed by atoms with Crippen molar-refractivity contribution in [2.45, 2.75) is 6.92 Å². The number of rotatable bonds is 4. The lowest BCUT2D eigenvalue weighted by molar-refractivity contribution is 0.104. The minimum Gasteiger partial charge on any atom is -0.434 e. The standard InChI is InChI=1S/C16H14F2N2O4/c1-2-23-16(22)24-12-6-4-11(5-7-12)19-15(21)20-14-8-3-10(17)9-13(14)18/h3-9H,2H2,1H3,(H2,19,20,21). The van der Waals surface area contributed by atoms with Gasteiger partial charge in [0.1, 0.15) is 17.4 Å². The van der Waals surface area contributed by atoms with Gasteiger partial charge in [0.25, 0.3) is 0 Å². The maximum absolute atomic E-state index is 13.4. The van der Waals surface area contributed by atoms with Crippen molar-refractivity contribution in [3.8, 4) is 5.75 Å². The molecule has 0 atom stereocenters. The molecule has 0 saturated carbocycles. The summed E-state index contributed by atoms with van der Waals surface area (Å²) < 4.78 is 35.7. The van der Waals surface area contributed by atoms with Gasteiger partial charge in [-0.05, 0) is 43.3 Å². The van der Waals surface area contributed by atoms with Gasteiger partial charge < -0.3 is 20.1 Å². The highest BCUT2D eigenvalue weighted by molar-refractivity contribution is 5.99. The topological polar surface area (TPSA) is 76.7 Å². The SMILES string of the molecule is CCOC(=O)Oc1ccc(NC(=O)Nc2ccc(F)cc2F)cc1. The van der Waals surface area contributed by atoms with E-state index in [0.717, 1.165) is 12.1 Å². The predicted octanol–water partition coefficient (Wildman–Crippen LogP) is 4.14. The molecule has 2 rings (SSSR count). The van der Waals surface area contributed by atoms with E-state index in [1.54, 1.807) is 6.92 Å². The first kappa shape index (κ1) is 17.2. The lowest BCUT2D eigenvalue weighted by atomic mass is 10.3. The zero-order valence-corrected chi connectivity index (χ0v) is 12.6. The van der Waals surface area contributed by atoms with Crippen LogP contribution in [-0.2, 0) is 4.74 Å². The molecule has 0 bridgehead atoms. The summed E-state index contributed by atoms with van der Waals surface area (Å²) in [6, 6.07) is 7.96. The van der Waals surface area contributed by atoms with Gasteiger partial charge in [0, 0.05) is 11.8 Å². The third-order valence-corrected chi connectivity index (χ3v) is 2.75. The van der Waals surface area contributed by atoms with Crippen LogP contribution >= 0.6 is 0 Å². The minimum atomic E-state index is -0.886. The summed E-state index contributed by atoms with van der Waals surface area (Å²) in [6.45, 7) is 1.84. The summed E-state index contributed by atoms with van der Waals surface area (Å²) in [6.07, 6.45) is -0.831. The molecule has 0 fully saturated rings. The summed E-state index contributed by atoms with van der Waals surface area (Å²) >= 11 is 0. The van der Waals surface area contributed by atoms with Gasteiger partial charge in [-0.2, -0.15) is 0 Å². The summed E-state index contributed by atoms with van der Waals surface area (Å²) in [7, 11) is 0. The Bertz CT molecular complexity index is 735. The van der Waals surface area contributed by atoms with E-state index in [0.29, 0.717) is 11.8 Å². The molecular weight excluding hydrogens is 322 g/mol. The van der Waals surface area contributed by atoms with Crippen LogP contribution in [0.2, 0.25) is 0 Å². The number of benzene rings is 2. The molecule has 0 saturated heterocycles. The fourth-order valence-corrected chi connectivity index (χ4v) is 1.73. The van der Waals surface area contributed by atoms with E-state index in [1.165, 1.54) is 24.3 Å². The summed E-state index contributed by atoms with van der Waals surface area (Å²) in [4.78, 5) is 22.9. The number of anilines is 2. The summed E-state index contributed by atoms with van der Waals surface area (Å²) in [5.74, 6) is -1.39. The van der Waals surface area contributed by atoms with Crippen molar-refractivity contribution in [3.05, 3.63) is 54.1 Å². The Balaban J connectivity index is 1.93. The number of amides is 2. The smallest absolute Gasteiger partial charge is 0.434 e. The zero-order valence-electron chi connectivity index (χ0n) is 12.6. The van der Waals surface area contributed by atoms with E-state index in [4.69, 9.17) is 4.74 Å². The summed E-state index contributed by atoms with van der Waals surface area (Å²) in [5, 5.41) is 4.71. The highest BCUT2D eigenvalue weighted by Gasteiger charge is 2.09. The molecule has 0 aliphatic rings. The number of nitrogens with one attached hydrogen (secondary N) is 2. The monoisotopic (exact) mass is 336 g/mol. The Morgan fingerprint density at radius 3 is 2.38 bits per heavy atom. The molecule has 0 radical (unpaired) electrons. The fourth-order valence-electron chi connectivity index (χ4n) is 1.73. The van der Waals surface area contributed by atoms with Gasteiger partial charge in [-0.3, -0.25) is 0 Å². The number of halogens is 2. The van der Waals surface area contributed by atoms with Gasteiger partial charge in [0.15, 0.2) is 0 Å². The molecule has 2 aromatic carbocycles. The number of carbonyl (C=O) groups is 2. The quantitative estimate of drug-likeness (QED) is 0.650. The second kappa shape index (κ2) is 7.91. The first-order valence-electron chi connectivity index (χ1n) is 6.95. The van der Waals surface area contributed by atoms with Crippen molar-refractivity contribution in [2.75, 3.05) is 17.2 Å². The van der Waals surface area contributed by atoms with Crippen molar-refractivity contribution in [1.82, 2.24) is 0 Å². The Labute approximate surface area is 136 Å². The molecule has 0 aromatic heterocycles. The van der Waals surface area contributed by atoms with Crippen molar-refractivity contribution in [1.29, 1.82) is 0 Å². The number of carbonyl (C=O) groups excluding carboxylic acids is 2. The van der Waals surface area contributed by atoms with Gasteiger partial charge in [-0.25, -0.2) is 18.4 Å². The maximum atomic E-state index is 13.4. The van der Waals surface area contributed by atoms with Crippen LogP contribution in [0.15, 0.2) is 42.5 Å². The van der Waals surface area contributed by atoms with E-state index in [1.807, 2.05) is 0 Å². The van der Waals surface area contributed by atoms with Crippen LogP contribution in [-0.4, -0.2) is 18.8 Å². The Kier molecular flexibility index (Phi) is 5.67. The van der Waals surface area contributed by atoms with Gasteiger partial charge in [0.2, 0.25) is 0 Å². The zero-order chi connectivity index (χ0) is 17.5. The van der Waals surface area contributed by atoms with Crippen molar-refractivity contribution < 1.29 is 27.8 Å². The van der Waals surface area contributed by atoms with Gasteiger partial charge in [-0.1, -0.05) is 0 Å². The van der Waals surface area contributed by atoms with Crippen LogP contribution in [0.5, 0.6) is 5.75 Å². The Morgan fingerprint density at radius 1 is 1.04 bits per heavy atom. The molecule has 2 N–H and O–H groups in total. The maximum Gasteiger partial charge on any atom is 0.513 e. The molecule has 8 heteroatoms. The van der Waals surface area contributed by atoms with Crippen molar-refractivity contribution in [3.63, 3.8) is 0 Å². The highest BCUT2D eigenvalue weighted by Crippen LogP contribution is 2.18. The first-order valence-corrected chi connectivity index (χ1v) is 6.95. The molecule has 0 unspecified atom stereocenters. The average Bonchev–Trinajstić information content (AvgIpc) is 2.52. The lowest BCUT2D eigenvalue weighted by Gasteiger charge is -2.09. The predicted molar refractivity (Wildman–Crippen MR) is 83.1 cm³/mol. The van der Waals surface area contributed by atoms with E-state index in [9.17, 15) is 18.4 Å². The third kappa shape index (κ3) is 4.94. The number of urea groups is 1.